The molecule has 0 N–H and O–H groups in total. The zero-order chi connectivity index (χ0) is 26.6. The normalized spacial score (nSPS) is 12.7. The monoisotopic (exact) mass is 542 g/mol. The molecule has 0 aliphatic heterocycles. The van der Waals surface area contributed by atoms with Crippen LogP contribution in [0.15, 0.2) is 99.3 Å². The summed E-state index contributed by atoms with van der Waals surface area (Å²) < 4.78 is 34.0. The van der Waals surface area contributed by atoms with E-state index in [0.717, 1.165) is 17.4 Å². The number of carbonyl (C=O) groups excluding carboxylic acids is 3. The van der Waals surface area contributed by atoms with Crippen LogP contribution >= 0.6 is 11.3 Å². The minimum absolute atomic E-state index is 0.00491. The molecule has 0 saturated carbocycles. The van der Waals surface area contributed by atoms with Crippen molar-refractivity contribution in [3.05, 3.63) is 123 Å². The van der Waals surface area contributed by atoms with Gasteiger partial charge in [-0.15, -0.1) is 0 Å². The van der Waals surface area contributed by atoms with Gasteiger partial charge in [-0.1, -0.05) is 35.6 Å². The highest BCUT2D eigenvalue weighted by Crippen LogP contribution is 2.33. The molecule has 2 aromatic heterocycles. The molecular weight excluding hydrogens is 528 g/mol. The minimum atomic E-state index is -4.63. The molecule has 9 nitrogen and oxygen atoms in total. The van der Waals surface area contributed by atoms with Gasteiger partial charge in [-0.05, 0) is 48.5 Å². The lowest BCUT2D eigenvalue weighted by molar-refractivity contribution is 0.0979. The molecule has 0 unspecified atom stereocenters. The lowest BCUT2D eigenvalue weighted by atomic mass is 9.84. The van der Waals surface area contributed by atoms with Gasteiger partial charge >= 0.3 is 4.94 Å². The second-order valence-electron chi connectivity index (χ2n) is 8.31. The molecule has 0 saturated heterocycles. The standard InChI is InChI=1S/C27H14N2O7S2/c30-24-18-5-1-2-6-19(18)25(31)21-13-17(8-9-20(21)24)38(34,35)29(26(32)15-4-3-11-28-14-15)16-7-10-22-23(12-16)37-27(33)36-22/h1-14H. The number of hydrogen-bond acceptors (Lipinski definition) is 9. The summed E-state index contributed by atoms with van der Waals surface area (Å²) in [6.07, 6.45) is 2.67. The van der Waals surface area contributed by atoms with Crippen LogP contribution < -0.4 is 9.24 Å². The molecule has 0 atom stereocenters. The van der Waals surface area contributed by atoms with E-state index >= 15 is 0 Å². The molecule has 5 aromatic rings. The summed E-state index contributed by atoms with van der Waals surface area (Å²) in [7, 11) is -4.63. The van der Waals surface area contributed by atoms with Crippen LogP contribution in [0.2, 0.25) is 0 Å². The van der Waals surface area contributed by atoms with Crippen molar-refractivity contribution in [1.29, 1.82) is 0 Å². The number of pyridine rings is 1. The van der Waals surface area contributed by atoms with Crippen LogP contribution in [0.5, 0.6) is 0 Å². The van der Waals surface area contributed by atoms with Gasteiger partial charge in [0.05, 0.1) is 20.8 Å². The zero-order valence-electron chi connectivity index (χ0n) is 19.2. The molecule has 0 radical (unpaired) electrons. The molecule has 1 aliphatic rings. The van der Waals surface area contributed by atoms with Crippen molar-refractivity contribution in [2.24, 2.45) is 0 Å². The number of sulfonamides is 1. The summed E-state index contributed by atoms with van der Waals surface area (Å²) in [6, 6.07) is 16.9. The molecule has 0 bridgehead atoms. The van der Waals surface area contributed by atoms with Gasteiger partial charge in [0.25, 0.3) is 15.9 Å². The number of ketones is 2. The largest absolute Gasteiger partial charge is 0.414 e. The van der Waals surface area contributed by atoms with Crippen LogP contribution in [0.25, 0.3) is 10.3 Å². The van der Waals surface area contributed by atoms with Crippen LogP contribution in [0.3, 0.4) is 0 Å². The SMILES string of the molecule is O=C1c2ccccc2C(=O)c2cc(S(=O)(=O)N(C(=O)c3cccnc3)c3ccc4oc(=O)sc4c3)ccc21. The number of nitrogens with zero attached hydrogens (tertiary/aromatic N) is 2. The van der Waals surface area contributed by atoms with Gasteiger partial charge in [0, 0.05) is 34.6 Å². The van der Waals surface area contributed by atoms with Crippen molar-refractivity contribution in [2.75, 3.05) is 4.31 Å². The minimum Gasteiger partial charge on any atom is -0.414 e. The number of rotatable bonds is 4. The van der Waals surface area contributed by atoms with E-state index in [-0.39, 0.29) is 44.0 Å². The fraction of sp³-hybridized carbons (Fsp3) is 0. The molecule has 1 aliphatic carbocycles. The van der Waals surface area contributed by atoms with E-state index in [1.807, 2.05) is 0 Å². The van der Waals surface area contributed by atoms with Crippen LogP contribution in [-0.4, -0.2) is 30.9 Å². The number of fused-ring (bicyclic) bond motifs is 3. The van der Waals surface area contributed by atoms with E-state index in [1.54, 1.807) is 12.1 Å². The number of anilines is 1. The molecule has 38 heavy (non-hydrogen) atoms. The molecule has 2 heterocycles. The highest BCUT2D eigenvalue weighted by molar-refractivity contribution is 7.93. The van der Waals surface area contributed by atoms with Crippen molar-refractivity contribution >= 4 is 54.8 Å². The molecule has 1 amide bonds. The Bertz CT molecular complexity index is 1980. The molecule has 11 heteroatoms. The number of hydrogen-bond donors (Lipinski definition) is 0. The quantitative estimate of drug-likeness (QED) is 0.326. The summed E-state index contributed by atoms with van der Waals surface area (Å²) in [4.78, 5) is 54.4. The number of amides is 1. The second-order valence-corrected chi connectivity index (χ2v) is 11.1. The Labute approximate surface area is 218 Å². The van der Waals surface area contributed by atoms with Gasteiger partial charge in [-0.3, -0.25) is 19.4 Å². The average Bonchev–Trinajstić information content (AvgIpc) is 3.31. The summed E-state index contributed by atoms with van der Waals surface area (Å²) in [5.41, 5.74) is 0.592. The van der Waals surface area contributed by atoms with Gasteiger partial charge in [0.1, 0.15) is 5.58 Å². The molecule has 0 spiro atoms. The fourth-order valence-electron chi connectivity index (χ4n) is 4.30. The Kier molecular flexibility index (Phi) is 5.40. The zero-order valence-corrected chi connectivity index (χ0v) is 20.8. The van der Waals surface area contributed by atoms with Gasteiger partial charge < -0.3 is 4.42 Å². The summed E-state index contributed by atoms with van der Waals surface area (Å²) >= 11 is 0.761. The van der Waals surface area contributed by atoms with Crippen LogP contribution in [-0.2, 0) is 10.0 Å². The Hall–Kier alpha value is -4.74. The van der Waals surface area contributed by atoms with Crippen molar-refractivity contribution in [3.63, 3.8) is 0 Å². The smallest absolute Gasteiger partial charge is 0.396 e. The van der Waals surface area contributed by atoms with Crippen molar-refractivity contribution in [1.82, 2.24) is 4.98 Å². The highest BCUT2D eigenvalue weighted by Gasteiger charge is 2.35. The van der Waals surface area contributed by atoms with Gasteiger partial charge in [0.2, 0.25) is 0 Å². The third-order valence-electron chi connectivity index (χ3n) is 6.08. The molecule has 3 aromatic carbocycles. The summed E-state index contributed by atoms with van der Waals surface area (Å²) in [5.74, 6) is -1.80. The number of benzene rings is 3. The lowest BCUT2D eigenvalue weighted by Gasteiger charge is -2.24. The Balaban J connectivity index is 1.52. The topological polar surface area (TPSA) is 132 Å². The lowest BCUT2D eigenvalue weighted by Crippen LogP contribution is -2.37. The van der Waals surface area contributed by atoms with Gasteiger partial charge in [0.15, 0.2) is 11.6 Å². The molecule has 6 rings (SSSR count). The van der Waals surface area contributed by atoms with E-state index in [9.17, 15) is 27.6 Å². The molecule has 0 fully saturated rings. The van der Waals surface area contributed by atoms with Crippen LogP contribution in [0.4, 0.5) is 5.69 Å². The van der Waals surface area contributed by atoms with Crippen molar-refractivity contribution in [2.45, 2.75) is 4.90 Å². The third kappa shape index (κ3) is 3.67. The summed E-state index contributed by atoms with van der Waals surface area (Å²) in [5, 5.41) is 0. The number of carbonyl (C=O) groups is 3. The van der Waals surface area contributed by atoms with Gasteiger partial charge in [-0.25, -0.2) is 13.2 Å². The maximum atomic E-state index is 14.0. The van der Waals surface area contributed by atoms with Crippen LogP contribution in [0.1, 0.15) is 42.2 Å². The van der Waals surface area contributed by atoms with Crippen molar-refractivity contribution < 1.29 is 27.2 Å². The Morgan fingerprint density at radius 3 is 2.24 bits per heavy atom. The first-order valence-corrected chi connectivity index (χ1v) is 13.4. The van der Waals surface area contributed by atoms with E-state index < -0.39 is 32.4 Å². The predicted molar refractivity (Wildman–Crippen MR) is 138 cm³/mol. The fourth-order valence-corrected chi connectivity index (χ4v) is 6.44. The van der Waals surface area contributed by atoms with Crippen molar-refractivity contribution in [3.8, 4) is 0 Å². The Morgan fingerprint density at radius 1 is 0.816 bits per heavy atom. The second kappa shape index (κ2) is 8.68. The predicted octanol–water partition coefficient (Wildman–Crippen LogP) is 4.06. The van der Waals surface area contributed by atoms with E-state index in [2.05, 4.69) is 4.98 Å². The van der Waals surface area contributed by atoms with E-state index in [4.69, 9.17) is 4.42 Å². The maximum Gasteiger partial charge on any atom is 0.396 e. The Morgan fingerprint density at radius 2 is 1.53 bits per heavy atom. The average molecular weight is 543 g/mol. The van der Waals surface area contributed by atoms with E-state index in [1.165, 1.54) is 67.0 Å². The van der Waals surface area contributed by atoms with Gasteiger partial charge in [-0.2, -0.15) is 4.31 Å². The first-order chi connectivity index (χ1) is 18.3. The molecule has 186 valence electrons. The third-order valence-corrected chi connectivity index (χ3v) is 8.57. The number of aromatic nitrogens is 1. The summed E-state index contributed by atoms with van der Waals surface area (Å²) in [6.45, 7) is 0. The first kappa shape index (κ1) is 23.6. The first-order valence-electron chi connectivity index (χ1n) is 11.1. The highest BCUT2D eigenvalue weighted by atomic mass is 32.2. The van der Waals surface area contributed by atoms with E-state index in [0.29, 0.717) is 9.01 Å². The van der Waals surface area contributed by atoms with Crippen LogP contribution in [0, 0.1) is 0 Å². The maximum absolute atomic E-state index is 14.0. The molecular formula is C27H14N2O7S2.